The molecule has 0 spiro atoms. The second kappa shape index (κ2) is 5.44. The molecule has 2 rings (SSSR count). The molecule has 0 unspecified atom stereocenters. The number of carbonyl (C=O) groups excluding carboxylic acids is 2. The maximum Gasteiger partial charge on any atom is 0.299 e. The Hall–Kier alpha value is -1.82. The highest BCUT2D eigenvalue weighted by molar-refractivity contribution is 6.52. The quantitative estimate of drug-likeness (QED) is 0.606. The summed E-state index contributed by atoms with van der Waals surface area (Å²) in [6, 6.07) is 1.56. The van der Waals surface area contributed by atoms with Crippen LogP contribution in [-0.2, 0) is 9.53 Å². The van der Waals surface area contributed by atoms with Crippen molar-refractivity contribution in [3.63, 3.8) is 0 Å². The summed E-state index contributed by atoms with van der Waals surface area (Å²) < 4.78 is 31.9. The summed E-state index contributed by atoms with van der Waals surface area (Å²) in [6.07, 6.45) is 0.475. The molecule has 0 radical (unpaired) electrons. The SMILES string of the molecule is CCOCCCN1C(=O)C(=O)c2cc(F)cc(F)c21. The predicted octanol–water partition coefficient (Wildman–Crippen LogP) is 1.92. The van der Waals surface area contributed by atoms with E-state index in [4.69, 9.17) is 4.74 Å². The molecule has 6 heteroatoms. The normalized spacial score (nSPS) is 14.2. The van der Waals surface area contributed by atoms with Gasteiger partial charge in [-0.15, -0.1) is 0 Å². The first-order valence-electron chi connectivity index (χ1n) is 5.99. The number of Topliss-reactive ketones (excluding diaryl/α,β-unsaturated/α-hetero) is 1. The van der Waals surface area contributed by atoms with Gasteiger partial charge in [-0.05, 0) is 19.4 Å². The van der Waals surface area contributed by atoms with Gasteiger partial charge in [0.2, 0.25) is 0 Å². The number of anilines is 1. The molecule has 19 heavy (non-hydrogen) atoms. The van der Waals surface area contributed by atoms with Gasteiger partial charge in [0.1, 0.15) is 5.82 Å². The minimum absolute atomic E-state index is 0.132. The van der Waals surface area contributed by atoms with E-state index in [9.17, 15) is 18.4 Å². The average molecular weight is 269 g/mol. The molecule has 1 aliphatic heterocycles. The summed E-state index contributed by atoms with van der Waals surface area (Å²) in [6.45, 7) is 2.96. The molecule has 102 valence electrons. The second-order valence-electron chi connectivity index (χ2n) is 4.12. The largest absolute Gasteiger partial charge is 0.382 e. The Balaban J connectivity index is 2.23. The number of rotatable bonds is 5. The van der Waals surface area contributed by atoms with Crippen molar-refractivity contribution in [2.24, 2.45) is 0 Å². The number of ketones is 1. The van der Waals surface area contributed by atoms with Crippen molar-refractivity contribution in [2.45, 2.75) is 13.3 Å². The Bertz CT molecular complexity index is 531. The number of hydrogen-bond acceptors (Lipinski definition) is 3. The molecule has 1 amide bonds. The standard InChI is InChI=1S/C13H13F2NO3/c1-2-19-5-3-4-16-11-9(12(17)13(16)18)6-8(14)7-10(11)15/h6-7H,2-5H2,1H3. The van der Waals surface area contributed by atoms with Crippen LogP contribution in [0.5, 0.6) is 0 Å². The number of hydrogen-bond donors (Lipinski definition) is 0. The molecule has 0 saturated carbocycles. The van der Waals surface area contributed by atoms with Crippen molar-refractivity contribution in [3.05, 3.63) is 29.3 Å². The highest BCUT2D eigenvalue weighted by Gasteiger charge is 2.38. The van der Waals surface area contributed by atoms with Gasteiger partial charge in [0.15, 0.2) is 5.82 Å². The van der Waals surface area contributed by atoms with Gasteiger partial charge in [-0.25, -0.2) is 8.78 Å². The van der Waals surface area contributed by atoms with Gasteiger partial charge in [-0.3, -0.25) is 9.59 Å². The van der Waals surface area contributed by atoms with Gasteiger partial charge < -0.3 is 9.64 Å². The van der Waals surface area contributed by atoms with E-state index in [1.165, 1.54) is 0 Å². The highest BCUT2D eigenvalue weighted by Crippen LogP contribution is 2.32. The Morgan fingerprint density at radius 2 is 2.00 bits per heavy atom. The zero-order valence-corrected chi connectivity index (χ0v) is 10.4. The second-order valence-corrected chi connectivity index (χ2v) is 4.12. The number of carbonyl (C=O) groups is 2. The molecule has 1 heterocycles. The fraction of sp³-hybridized carbons (Fsp3) is 0.385. The Labute approximate surface area is 109 Å². The van der Waals surface area contributed by atoms with Gasteiger partial charge in [-0.1, -0.05) is 0 Å². The molecule has 0 aliphatic carbocycles. The summed E-state index contributed by atoms with van der Waals surface area (Å²) >= 11 is 0. The van der Waals surface area contributed by atoms with Crippen molar-refractivity contribution in [1.82, 2.24) is 0 Å². The van der Waals surface area contributed by atoms with Gasteiger partial charge in [0.25, 0.3) is 11.7 Å². The van der Waals surface area contributed by atoms with Crippen LogP contribution in [-0.4, -0.2) is 31.4 Å². The molecule has 1 aromatic rings. The van der Waals surface area contributed by atoms with Crippen LogP contribution in [0.1, 0.15) is 23.7 Å². The first kappa shape index (κ1) is 13.6. The van der Waals surface area contributed by atoms with Crippen LogP contribution in [0.25, 0.3) is 0 Å². The van der Waals surface area contributed by atoms with Crippen LogP contribution >= 0.6 is 0 Å². The summed E-state index contributed by atoms with van der Waals surface area (Å²) in [5.41, 5.74) is -0.341. The van der Waals surface area contributed by atoms with E-state index in [0.29, 0.717) is 25.7 Å². The Morgan fingerprint density at radius 1 is 1.26 bits per heavy atom. The fourth-order valence-corrected chi connectivity index (χ4v) is 2.04. The van der Waals surface area contributed by atoms with E-state index >= 15 is 0 Å². The monoisotopic (exact) mass is 269 g/mol. The Morgan fingerprint density at radius 3 is 2.68 bits per heavy atom. The van der Waals surface area contributed by atoms with Crippen LogP contribution in [0.3, 0.4) is 0 Å². The zero-order valence-electron chi connectivity index (χ0n) is 10.4. The number of halogens is 2. The lowest BCUT2D eigenvalue weighted by Gasteiger charge is -2.16. The maximum absolute atomic E-state index is 13.7. The van der Waals surface area contributed by atoms with Crippen LogP contribution in [0.4, 0.5) is 14.5 Å². The van der Waals surface area contributed by atoms with E-state index in [-0.39, 0.29) is 17.8 Å². The maximum atomic E-state index is 13.7. The first-order valence-corrected chi connectivity index (χ1v) is 5.99. The summed E-state index contributed by atoms with van der Waals surface area (Å²) in [7, 11) is 0. The number of ether oxygens (including phenoxy) is 1. The molecule has 1 aliphatic rings. The van der Waals surface area contributed by atoms with Gasteiger partial charge in [-0.2, -0.15) is 0 Å². The summed E-state index contributed by atoms with van der Waals surface area (Å²) in [4.78, 5) is 24.4. The highest BCUT2D eigenvalue weighted by atomic mass is 19.1. The van der Waals surface area contributed by atoms with Crippen LogP contribution < -0.4 is 4.90 Å². The predicted molar refractivity (Wildman–Crippen MR) is 64.2 cm³/mol. The first-order chi connectivity index (χ1) is 9.06. The van der Waals surface area contributed by atoms with E-state index in [0.717, 1.165) is 11.0 Å². The lowest BCUT2D eigenvalue weighted by molar-refractivity contribution is -0.114. The molecule has 0 aromatic heterocycles. The molecule has 4 nitrogen and oxygen atoms in total. The molecular formula is C13H13F2NO3. The lowest BCUT2D eigenvalue weighted by atomic mass is 10.1. The van der Waals surface area contributed by atoms with E-state index < -0.39 is 23.3 Å². The molecule has 0 N–H and O–H groups in total. The lowest BCUT2D eigenvalue weighted by Crippen LogP contribution is -2.31. The molecule has 1 aromatic carbocycles. The third-order valence-electron chi connectivity index (χ3n) is 2.86. The molecule has 0 atom stereocenters. The van der Waals surface area contributed by atoms with Crippen LogP contribution in [0, 0.1) is 11.6 Å². The van der Waals surface area contributed by atoms with E-state index in [1.807, 2.05) is 6.92 Å². The molecule has 0 fully saturated rings. The number of benzene rings is 1. The summed E-state index contributed by atoms with van der Waals surface area (Å²) in [5, 5.41) is 0. The minimum Gasteiger partial charge on any atom is -0.382 e. The fourth-order valence-electron chi connectivity index (χ4n) is 2.04. The smallest absolute Gasteiger partial charge is 0.299 e. The van der Waals surface area contributed by atoms with Crippen LogP contribution in [0.2, 0.25) is 0 Å². The Kier molecular flexibility index (Phi) is 3.90. The average Bonchev–Trinajstić information content (AvgIpc) is 2.60. The number of amides is 1. The van der Waals surface area contributed by atoms with Crippen molar-refractivity contribution in [2.75, 3.05) is 24.7 Å². The zero-order chi connectivity index (χ0) is 14.0. The van der Waals surface area contributed by atoms with Gasteiger partial charge >= 0.3 is 0 Å². The molecule has 0 saturated heterocycles. The van der Waals surface area contributed by atoms with Gasteiger partial charge in [0.05, 0.1) is 11.3 Å². The van der Waals surface area contributed by atoms with Crippen molar-refractivity contribution >= 4 is 17.4 Å². The van der Waals surface area contributed by atoms with Crippen molar-refractivity contribution in [3.8, 4) is 0 Å². The number of fused-ring (bicyclic) bond motifs is 1. The van der Waals surface area contributed by atoms with Crippen molar-refractivity contribution in [1.29, 1.82) is 0 Å². The summed E-state index contributed by atoms with van der Waals surface area (Å²) in [5.74, 6) is -3.46. The van der Waals surface area contributed by atoms with Crippen LogP contribution in [0.15, 0.2) is 12.1 Å². The molecular weight excluding hydrogens is 256 g/mol. The van der Waals surface area contributed by atoms with E-state index in [2.05, 4.69) is 0 Å². The van der Waals surface area contributed by atoms with Crippen molar-refractivity contribution < 1.29 is 23.1 Å². The van der Waals surface area contributed by atoms with Gasteiger partial charge in [0, 0.05) is 25.8 Å². The topological polar surface area (TPSA) is 46.6 Å². The molecule has 0 bridgehead atoms. The third kappa shape index (κ3) is 2.49. The number of nitrogens with zero attached hydrogens (tertiary/aromatic N) is 1. The van der Waals surface area contributed by atoms with E-state index in [1.54, 1.807) is 0 Å². The third-order valence-corrected chi connectivity index (χ3v) is 2.86. The minimum atomic E-state index is -0.898.